The molecule has 154 valence electrons. The van der Waals surface area contributed by atoms with Gasteiger partial charge in [0.2, 0.25) is 5.91 Å². The van der Waals surface area contributed by atoms with Gasteiger partial charge in [0.15, 0.2) is 0 Å². The van der Waals surface area contributed by atoms with E-state index in [1.54, 1.807) is 23.1 Å². The highest BCUT2D eigenvalue weighted by Gasteiger charge is 2.15. The zero-order valence-corrected chi connectivity index (χ0v) is 17.5. The van der Waals surface area contributed by atoms with Gasteiger partial charge in [0.05, 0.1) is 17.4 Å². The molecule has 2 heterocycles. The Balaban J connectivity index is 1.41. The molecule has 0 bridgehead atoms. The Morgan fingerprint density at radius 2 is 2.00 bits per heavy atom. The van der Waals surface area contributed by atoms with Gasteiger partial charge in [0, 0.05) is 35.1 Å². The topological polar surface area (TPSA) is 81.8 Å². The quantitative estimate of drug-likeness (QED) is 0.462. The average Bonchev–Trinajstić information content (AvgIpc) is 3.15. The molecule has 0 aliphatic carbocycles. The Hall–Kier alpha value is -3.12. The summed E-state index contributed by atoms with van der Waals surface area (Å²) in [5.41, 5.74) is 2.64. The number of H-pyrrole nitrogens is 2. The molecule has 4 aromatic rings. The number of aromatic nitrogens is 3. The molecule has 0 fully saturated rings. The molecular formula is C23H23ClN4O2. The molecule has 2 aromatic carbocycles. The summed E-state index contributed by atoms with van der Waals surface area (Å²) in [7, 11) is 0. The number of carbonyl (C=O) groups excluding carboxylic acids is 1. The number of benzene rings is 2. The second-order valence-electron chi connectivity index (χ2n) is 7.30. The van der Waals surface area contributed by atoms with Crippen LogP contribution >= 0.6 is 11.6 Å². The molecule has 0 saturated heterocycles. The van der Waals surface area contributed by atoms with Crippen molar-refractivity contribution in [2.45, 2.75) is 32.7 Å². The van der Waals surface area contributed by atoms with Gasteiger partial charge in [-0.15, -0.1) is 0 Å². The van der Waals surface area contributed by atoms with Crippen LogP contribution in [0.2, 0.25) is 5.02 Å². The lowest BCUT2D eigenvalue weighted by Crippen LogP contribution is -2.31. The molecule has 4 rings (SSSR count). The summed E-state index contributed by atoms with van der Waals surface area (Å²) >= 11 is 6.02. The normalized spacial score (nSPS) is 11.3. The molecule has 0 aliphatic heterocycles. The van der Waals surface area contributed by atoms with Gasteiger partial charge in [-0.2, -0.15) is 0 Å². The Morgan fingerprint density at radius 1 is 1.17 bits per heavy atom. The third-order valence-corrected chi connectivity index (χ3v) is 5.54. The number of halogens is 1. The highest BCUT2D eigenvalue weighted by Crippen LogP contribution is 2.20. The van der Waals surface area contributed by atoms with Crippen molar-refractivity contribution >= 4 is 39.3 Å². The Labute approximate surface area is 178 Å². The maximum Gasteiger partial charge on any atom is 0.258 e. The van der Waals surface area contributed by atoms with Crippen LogP contribution in [0, 0.1) is 0 Å². The van der Waals surface area contributed by atoms with E-state index >= 15 is 0 Å². The lowest BCUT2D eigenvalue weighted by molar-refractivity contribution is -0.131. The Kier molecular flexibility index (Phi) is 5.86. The van der Waals surface area contributed by atoms with Gasteiger partial charge in [-0.3, -0.25) is 9.59 Å². The number of hydrogen-bond donors (Lipinski definition) is 2. The van der Waals surface area contributed by atoms with Crippen molar-refractivity contribution in [2.75, 3.05) is 6.54 Å². The molecule has 2 N–H and O–H groups in total. The lowest BCUT2D eigenvalue weighted by Gasteiger charge is -2.20. The number of hydrogen-bond acceptors (Lipinski definition) is 3. The fraction of sp³-hybridized carbons (Fsp3) is 0.261. The van der Waals surface area contributed by atoms with Crippen molar-refractivity contribution in [1.29, 1.82) is 0 Å². The first-order chi connectivity index (χ1) is 14.5. The molecular weight excluding hydrogens is 400 g/mol. The number of aryl methyl sites for hydroxylation is 1. The molecule has 0 spiro atoms. The number of para-hydroxylation sites is 1. The highest BCUT2D eigenvalue weighted by atomic mass is 35.5. The Bertz CT molecular complexity index is 1260. The molecule has 30 heavy (non-hydrogen) atoms. The van der Waals surface area contributed by atoms with Crippen molar-refractivity contribution in [1.82, 2.24) is 19.9 Å². The average molecular weight is 423 g/mol. The number of fused-ring (bicyclic) bond motifs is 2. The first-order valence-corrected chi connectivity index (χ1v) is 10.4. The largest absolute Gasteiger partial charge is 0.361 e. The third-order valence-electron chi connectivity index (χ3n) is 5.30. The van der Waals surface area contributed by atoms with E-state index < -0.39 is 0 Å². The summed E-state index contributed by atoms with van der Waals surface area (Å²) in [6.07, 6.45) is 4.05. The zero-order chi connectivity index (χ0) is 21.1. The molecule has 1 amide bonds. The van der Waals surface area contributed by atoms with Gasteiger partial charge < -0.3 is 14.9 Å². The number of carbonyl (C=O) groups is 1. The van der Waals surface area contributed by atoms with Gasteiger partial charge in [-0.25, -0.2) is 4.98 Å². The molecule has 0 atom stereocenters. The first-order valence-electron chi connectivity index (χ1n) is 10.1. The van der Waals surface area contributed by atoms with E-state index in [1.165, 1.54) is 10.9 Å². The maximum absolute atomic E-state index is 12.8. The van der Waals surface area contributed by atoms with E-state index in [9.17, 15) is 9.59 Å². The van der Waals surface area contributed by atoms with E-state index in [2.05, 4.69) is 21.0 Å². The molecule has 6 nitrogen and oxygen atoms in total. The van der Waals surface area contributed by atoms with Crippen molar-refractivity contribution < 1.29 is 4.79 Å². The number of nitrogens with one attached hydrogen (secondary N) is 2. The van der Waals surface area contributed by atoms with E-state index in [0.29, 0.717) is 34.7 Å². The van der Waals surface area contributed by atoms with Crippen LogP contribution < -0.4 is 5.56 Å². The van der Waals surface area contributed by atoms with Crippen LogP contribution in [-0.2, 0) is 17.8 Å². The molecule has 0 unspecified atom stereocenters. The van der Waals surface area contributed by atoms with Crippen LogP contribution in [0.1, 0.15) is 31.2 Å². The molecule has 0 saturated carbocycles. The number of rotatable bonds is 7. The van der Waals surface area contributed by atoms with Gasteiger partial charge in [0.25, 0.3) is 5.56 Å². The predicted molar refractivity (Wildman–Crippen MR) is 120 cm³/mol. The molecule has 7 heteroatoms. The minimum absolute atomic E-state index is 0.0474. The van der Waals surface area contributed by atoms with Gasteiger partial charge in [0.1, 0.15) is 5.82 Å². The maximum atomic E-state index is 12.8. The number of nitrogens with zero attached hydrogens (tertiary/aromatic N) is 2. The van der Waals surface area contributed by atoms with Gasteiger partial charge in [-0.05, 0) is 49.6 Å². The highest BCUT2D eigenvalue weighted by molar-refractivity contribution is 6.31. The lowest BCUT2D eigenvalue weighted by atomic mass is 10.1. The van der Waals surface area contributed by atoms with Crippen LogP contribution in [0.5, 0.6) is 0 Å². The smallest absolute Gasteiger partial charge is 0.258 e. The van der Waals surface area contributed by atoms with Crippen LogP contribution in [0.25, 0.3) is 21.8 Å². The summed E-state index contributed by atoms with van der Waals surface area (Å²) < 4.78 is 0. The number of aromatic amines is 2. The minimum atomic E-state index is -0.227. The number of amides is 1. The van der Waals surface area contributed by atoms with Gasteiger partial charge in [-0.1, -0.05) is 29.8 Å². The third kappa shape index (κ3) is 4.24. The summed E-state index contributed by atoms with van der Waals surface area (Å²) in [5, 5.41) is 2.21. The predicted octanol–water partition coefficient (Wildman–Crippen LogP) is 4.43. The van der Waals surface area contributed by atoms with Gasteiger partial charge >= 0.3 is 0 Å². The standard InChI is InChI=1S/C23H23ClN4O2/c1-2-28(14-21-26-20-12-16(24)10-11-18(20)23(30)27-21)22(29)9-5-6-15-13-25-19-8-4-3-7-17(15)19/h3-4,7-8,10-13,25H,2,5-6,9,14H2,1H3,(H,26,27,30). The van der Waals surface area contributed by atoms with Crippen LogP contribution in [0.15, 0.2) is 53.5 Å². The van der Waals surface area contributed by atoms with Crippen molar-refractivity contribution in [3.8, 4) is 0 Å². The fourth-order valence-electron chi connectivity index (χ4n) is 3.72. The molecule has 2 aromatic heterocycles. The summed E-state index contributed by atoms with van der Waals surface area (Å²) in [5.74, 6) is 0.507. The summed E-state index contributed by atoms with van der Waals surface area (Å²) in [6.45, 7) is 2.73. The summed E-state index contributed by atoms with van der Waals surface area (Å²) in [4.78, 5) is 37.3. The van der Waals surface area contributed by atoms with E-state index in [1.807, 2.05) is 31.3 Å². The molecule has 0 radical (unpaired) electrons. The van der Waals surface area contributed by atoms with Crippen molar-refractivity contribution in [3.05, 3.63) is 75.4 Å². The van der Waals surface area contributed by atoms with Crippen molar-refractivity contribution in [3.63, 3.8) is 0 Å². The SMILES string of the molecule is CCN(Cc1nc2cc(Cl)ccc2c(=O)[nH]1)C(=O)CCCc1c[nH]c2ccccc12. The van der Waals surface area contributed by atoms with Crippen molar-refractivity contribution in [2.24, 2.45) is 0 Å². The Morgan fingerprint density at radius 3 is 2.83 bits per heavy atom. The van der Waals surface area contributed by atoms with Crippen LogP contribution in [0.3, 0.4) is 0 Å². The first kappa shape index (κ1) is 20.2. The van der Waals surface area contributed by atoms with E-state index in [-0.39, 0.29) is 18.0 Å². The van der Waals surface area contributed by atoms with E-state index in [4.69, 9.17) is 11.6 Å². The molecule has 0 aliphatic rings. The monoisotopic (exact) mass is 422 g/mol. The zero-order valence-electron chi connectivity index (χ0n) is 16.7. The second kappa shape index (κ2) is 8.71. The van der Waals surface area contributed by atoms with E-state index in [0.717, 1.165) is 18.4 Å². The van der Waals surface area contributed by atoms with Crippen LogP contribution in [0.4, 0.5) is 0 Å². The fourth-order valence-corrected chi connectivity index (χ4v) is 3.89. The second-order valence-corrected chi connectivity index (χ2v) is 7.73. The van der Waals surface area contributed by atoms with Crippen LogP contribution in [-0.4, -0.2) is 32.3 Å². The minimum Gasteiger partial charge on any atom is -0.361 e. The summed E-state index contributed by atoms with van der Waals surface area (Å²) in [6, 6.07) is 13.1.